The van der Waals surface area contributed by atoms with E-state index in [0.717, 1.165) is 5.56 Å². The molecule has 0 unspecified atom stereocenters. The highest BCUT2D eigenvalue weighted by Crippen LogP contribution is 2.39. The lowest BCUT2D eigenvalue weighted by Crippen LogP contribution is -2.60. The number of carbonyl (C=O) groups is 3. The molecule has 2 aliphatic heterocycles. The van der Waals surface area contributed by atoms with Gasteiger partial charge in [0.05, 0.1) is 12.9 Å². The summed E-state index contributed by atoms with van der Waals surface area (Å²) in [6.07, 6.45) is 2.32. The van der Waals surface area contributed by atoms with Crippen LogP contribution in [0.25, 0.3) is 0 Å². The summed E-state index contributed by atoms with van der Waals surface area (Å²) in [5.74, 6) is -0.0350. The Morgan fingerprint density at radius 1 is 1.09 bits per heavy atom. The van der Waals surface area contributed by atoms with Crippen LogP contribution < -0.4 is 5.32 Å². The molecule has 176 valence electrons. The minimum Gasteiger partial charge on any atom is -0.459 e. The number of benzene rings is 1. The number of piperidine rings is 1. The molecule has 1 N–H and O–H groups in total. The van der Waals surface area contributed by atoms with Gasteiger partial charge >= 0.3 is 0 Å². The van der Waals surface area contributed by atoms with E-state index in [0.29, 0.717) is 44.0 Å². The van der Waals surface area contributed by atoms with Crippen molar-refractivity contribution in [3.63, 3.8) is 0 Å². The van der Waals surface area contributed by atoms with Gasteiger partial charge in [0.15, 0.2) is 5.76 Å². The Bertz CT molecular complexity index is 1010. The summed E-state index contributed by atoms with van der Waals surface area (Å²) >= 11 is 0. The summed E-state index contributed by atoms with van der Waals surface area (Å²) in [7, 11) is 0. The van der Waals surface area contributed by atoms with E-state index in [9.17, 15) is 14.4 Å². The van der Waals surface area contributed by atoms with Crippen molar-refractivity contribution < 1.29 is 23.5 Å². The fraction of sp³-hybridized carbons (Fsp3) is 0.480. The number of hydrogen-bond acceptors (Lipinski definition) is 5. The number of amides is 3. The molecule has 8 heteroatoms. The molecule has 1 spiro atoms. The van der Waals surface area contributed by atoms with Crippen LogP contribution >= 0.6 is 0 Å². The van der Waals surface area contributed by atoms with Gasteiger partial charge in [-0.2, -0.15) is 0 Å². The van der Waals surface area contributed by atoms with E-state index in [-0.39, 0.29) is 30.1 Å². The molecule has 0 radical (unpaired) electrons. The number of rotatable bonds is 5. The molecule has 33 heavy (non-hydrogen) atoms. The maximum absolute atomic E-state index is 13.8. The molecule has 3 amide bonds. The first-order chi connectivity index (χ1) is 15.8. The molecule has 1 aromatic heterocycles. The van der Waals surface area contributed by atoms with Crippen LogP contribution in [0.2, 0.25) is 0 Å². The SMILES string of the molecule is Cc1ccccc1C(=O)N1[C@@H](C(=O)NCC(C)C)COC12CCN(C(=O)c1ccco1)CC2. The van der Waals surface area contributed by atoms with Gasteiger partial charge in [-0.25, -0.2) is 0 Å². The Balaban J connectivity index is 1.58. The maximum atomic E-state index is 13.8. The number of likely N-dealkylation sites (tertiary alicyclic amines) is 1. The van der Waals surface area contributed by atoms with Crippen molar-refractivity contribution in [3.8, 4) is 0 Å². The van der Waals surface area contributed by atoms with E-state index in [2.05, 4.69) is 5.32 Å². The number of carbonyl (C=O) groups excluding carboxylic acids is 3. The van der Waals surface area contributed by atoms with Crippen LogP contribution in [0.1, 0.15) is 53.2 Å². The van der Waals surface area contributed by atoms with Crippen molar-refractivity contribution in [2.75, 3.05) is 26.2 Å². The van der Waals surface area contributed by atoms with Crippen LogP contribution in [0.4, 0.5) is 0 Å². The third-order valence-electron chi connectivity index (χ3n) is 6.41. The molecule has 2 fully saturated rings. The Hall–Kier alpha value is -3.13. The predicted octanol–water partition coefficient (Wildman–Crippen LogP) is 2.83. The summed E-state index contributed by atoms with van der Waals surface area (Å²) < 4.78 is 11.5. The van der Waals surface area contributed by atoms with Gasteiger partial charge in [0, 0.05) is 38.0 Å². The quantitative estimate of drug-likeness (QED) is 0.752. The van der Waals surface area contributed by atoms with E-state index in [1.54, 1.807) is 28.0 Å². The second kappa shape index (κ2) is 9.39. The van der Waals surface area contributed by atoms with Gasteiger partial charge in [-0.3, -0.25) is 19.3 Å². The van der Waals surface area contributed by atoms with Crippen LogP contribution in [0, 0.1) is 12.8 Å². The fourth-order valence-electron chi connectivity index (χ4n) is 4.55. The van der Waals surface area contributed by atoms with Crippen molar-refractivity contribution in [1.29, 1.82) is 0 Å². The molecule has 2 aliphatic rings. The highest BCUT2D eigenvalue weighted by atomic mass is 16.5. The molecule has 2 saturated heterocycles. The van der Waals surface area contributed by atoms with Gasteiger partial charge in [0.2, 0.25) is 5.91 Å². The minimum atomic E-state index is -0.931. The second-order valence-corrected chi connectivity index (χ2v) is 9.17. The van der Waals surface area contributed by atoms with E-state index in [1.165, 1.54) is 6.26 Å². The summed E-state index contributed by atoms with van der Waals surface area (Å²) in [4.78, 5) is 42.9. The summed E-state index contributed by atoms with van der Waals surface area (Å²) in [5.41, 5.74) is 0.466. The van der Waals surface area contributed by atoms with Crippen LogP contribution in [0.3, 0.4) is 0 Å². The zero-order chi connectivity index (χ0) is 23.6. The normalized spacial score (nSPS) is 19.8. The Morgan fingerprint density at radius 3 is 2.45 bits per heavy atom. The number of nitrogens with one attached hydrogen (secondary N) is 1. The molecule has 3 heterocycles. The van der Waals surface area contributed by atoms with Crippen molar-refractivity contribution in [3.05, 3.63) is 59.5 Å². The van der Waals surface area contributed by atoms with Crippen molar-refractivity contribution in [1.82, 2.24) is 15.1 Å². The van der Waals surface area contributed by atoms with E-state index >= 15 is 0 Å². The zero-order valence-corrected chi connectivity index (χ0v) is 19.4. The average Bonchev–Trinajstić information content (AvgIpc) is 3.46. The third kappa shape index (κ3) is 4.53. The van der Waals surface area contributed by atoms with E-state index in [1.807, 2.05) is 39.0 Å². The number of hydrogen-bond donors (Lipinski definition) is 1. The largest absolute Gasteiger partial charge is 0.459 e. The first kappa shape index (κ1) is 23.0. The highest BCUT2D eigenvalue weighted by Gasteiger charge is 2.54. The van der Waals surface area contributed by atoms with E-state index < -0.39 is 11.8 Å². The number of ether oxygens (including phenoxy) is 1. The Labute approximate surface area is 193 Å². The van der Waals surface area contributed by atoms with Crippen LogP contribution in [-0.2, 0) is 9.53 Å². The van der Waals surface area contributed by atoms with Crippen LogP contribution in [-0.4, -0.2) is 65.5 Å². The Kier molecular flexibility index (Phi) is 6.56. The molecule has 1 atom stereocenters. The predicted molar refractivity (Wildman–Crippen MR) is 122 cm³/mol. The van der Waals surface area contributed by atoms with Gasteiger partial charge in [-0.05, 0) is 36.6 Å². The average molecular weight is 454 g/mol. The fourth-order valence-corrected chi connectivity index (χ4v) is 4.55. The van der Waals surface area contributed by atoms with Crippen LogP contribution in [0.15, 0.2) is 47.1 Å². The minimum absolute atomic E-state index is 0.133. The Morgan fingerprint density at radius 2 is 1.82 bits per heavy atom. The van der Waals surface area contributed by atoms with Crippen LogP contribution in [0.5, 0.6) is 0 Å². The molecular formula is C25H31N3O5. The molecule has 8 nitrogen and oxygen atoms in total. The maximum Gasteiger partial charge on any atom is 0.289 e. The lowest BCUT2D eigenvalue weighted by atomic mass is 9.95. The first-order valence-corrected chi connectivity index (χ1v) is 11.5. The molecule has 0 bridgehead atoms. The molecule has 2 aromatic rings. The molecule has 0 aliphatic carbocycles. The molecule has 1 aromatic carbocycles. The zero-order valence-electron chi connectivity index (χ0n) is 19.4. The van der Waals surface area contributed by atoms with Gasteiger partial charge in [-0.15, -0.1) is 0 Å². The highest BCUT2D eigenvalue weighted by molar-refractivity contribution is 5.99. The van der Waals surface area contributed by atoms with Gasteiger partial charge in [0.25, 0.3) is 11.8 Å². The molecular weight excluding hydrogens is 422 g/mol. The summed E-state index contributed by atoms with van der Waals surface area (Å²) in [6.45, 7) is 7.39. The molecule has 0 saturated carbocycles. The lowest BCUT2D eigenvalue weighted by molar-refractivity contribution is -0.128. The number of aryl methyl sites for hydroxylation is 1. The van der Waals surface area contributed by atoms with Crippen molar-refractivity contribution in [2.24, 2.45) is 5.92 Å². The van der Waals surface area contributed by atoms with Gasteiger partial charge in [-0.1, -0.05) is 32.0 Å². The molecule has 4 rings (SSSR count). The monoisotopic (exact) mass is 453 g/mol. The smallest absolute Gasteiger partial charge is 0.289 e. The number of nitrogens with zero attached hydrogens (tertiary/aromatic N) is 2. The van der Waals surface area contributed by atoms with Gasteiger partial charge < -0.3 is 19.4 Å². The summed E-state index contributed by atoms with van der Waals surface area (Å²) in [6, 6.07) is 9.97. The lowest BCUT2D eigenvalue weighted by Gasteiger charge is -2.44. The van der Waals surface area contributed by atoms with Crippen molar-refractivity contribution >= 4 is 17.7 Å². The standard InChI is InChI=1S/C25H31N3O5/c1-17(2)15-26-22(29)20-16-33-25(28(20)23(30)19-8-5-4-7-18(19)3)10-12-27(13-11-25)24(31)21-9-6-14-32-21/h4-9,14,17,20H,10-13,15-16H2,1-3H3,(H,26,29)/t20-/m1/s1. The van der Waals surface area contributed by atoms with Gasteiger partial charge in [0.1, 0.15) is 11.8 Å². The van der Waals surface area contributed by atoms with Crippen molar-refractivity contribution in [2.45, 2.75) is 45.4 Å². The van der Waals surface area contributed by atoms with E-state index in [4.69, 9.17) is 9.15 Å². The summed E-state index contributed by atoms with van der Waals surface area (Å²) in [5, 5.41) is 2.95. The first-order valence-electron chi connectivity index (χ1n) is 11.5. The topological polar surface area (TPSA) is 92.1 Å². The number of furan rings is 1. The second-order valence-electron chi connectivity index (χ2n) is 9.17. The third-order valence-corrected chi connectivity index (χ3v) is 6.41.